The Morgan fingerprint density at radius 3 is 2.25 bits per heavy atom. The van der Waals surface area contributed by atoms with Gasteiger partial charge in [0.1, 0.15) is 24.7 Å². The van der Waals surface area contributed by atoms with Crippen LogP contribution in [-0.4, -0.2) is 13.2 Å². The van der Waals surface area contributed by atoms with Gasteiger partial charge < -0.3 is 15.2 Å². The average Bonchev–Trinajstić information content (AvgIpc) is 2.44. The van der Waals surface area contributed by atoms with E-state index in [1.807, 2.05) is 49.4 Å². The standard InChI is InChI=1S/C16H18ClNO2/c1-12(18)15-8-7-14(11-16(15)17)20-10-9-19-13-5-3-2-4-6-13/h2-8,11-12H,9-10,18H2,1H3. The van der Waals surface area contributed by atoms with Gasteiger partial charge in [0.15, 0.2) is 0 Å². The van der Waals surface area contributed by atoms with Gasteiger partial charge in [0, 0.05) is 11.1 Å². The summed E-state index contributed by atoms with van der Waals surface area (Å²) in [6.07, 6.45) is 0. The first-order valence-corrected chi connectivity index (χ1v) is 6.90. The maximum Gasteiger partial charge on any atom is 0.122 e. The molecule has 0 saturated carbocycles. The fourth-order valence-corrected chi connectivity index (χ4v) is 2.15. The van der Waals surface area contributed by atoms with Crippen LogP contribution in [0, 0.1) is 0 Å². The Hall–Kier alpha value is -1.71. The Labute approximate surface area is 124 Å². The number of rotatable bonds is 6. The molecule has 1 atom stereocenters. The quantitative estimate of drug-likeness (QED) is 0.823. The summed E-state index contributed by atoms with van der Waals surface area (Å²) in [5.74, 6) is 1.55. The molecule has 2 aromatic carbocycles. The maximum atomic E-state index is 6.14. The molecular weight excluding hydrogens is 274 g/mol. The van der Waals surface area contributed by atoms with Crippen LogP contribution in [0.15, 0.2) is 48.5 Å². The van der Waals surface area contributed by atoms with Gasteiger partial charge in [-0.25, -0.2) is 0 Å². The van der Waals surface area contributed by atoms with Crippen molar-refractivity contribution in [3.63, 3.8) is 0 Å². The smallest absolute Gasteiger partial charge is 0.122 e. The number of para-hydroxylation sites is 1. The van der Waals surface area contributed by atoms with Gasteiger partial charge in [-0.1, -0.05) is 35.9 Å². The summed E-state index contributed by atoms with van der Waals surface area (Å²) in [5, 5.41) is 0.626. The molecule has 0 bridgehead atoms. The van der Waals surface area contributed by atoms with Gasteiger partial charge in [-0.15, -0.1) is 0 Å². The van der Waals surface area contributed by atoms with Gasteiger partial charge in [0.2, 0.25) is 0 Å². The molecule has 1 unspecified atom stereocenters. The van der Waals surface area contributed by atoms with Crippen molar-refractivity contribution in [2.24, 2.45) is 5.73 Å². The van der Waals surface area contributed by atoms with Gasteiger partial charge in [-0.3, -0.25) is 0 Å². The van der Waals surface area contributed by atoms with Gasteiger partial charge in [-0.05, 0) is 36.8 Å². The number of halogens is 1. The molecule has 0 saturated heterocycles. The third-order valence-corrected chi connectivity index (χ3v) is 3.15. The number of ether oxygens (including phenoxy) is 2. The fraction of sp³-hybridized carbons (Fsp3) is 0.250. The second-order valence-corrected chi connectivity index (χ2v) is 4.89. The zero-order chi connectivity index (χ0) is 14.4. The summed E-state index contributed by atoms with van der Waals surface area (Å²) >= 11 is 6.14. The van der Waals surface area contributed by atoms with E-state index in [4.69, 9.17) is 26.8 Å². The first kappa shape index (κ1) is 14.7. The average molecular weight is 292 g/mol. The largest absolute Gasteiger partial charge is 0.490 e. The summed E-state index contributed by atoms with van der Waals surface area (Å²) in [4.78, 5) is 0. The lowest BCUT2D eigenvalue weighted by atomic mass is 10.1. The molecule has 0 aliphatic rings. The molecule has 106 valence electrons. The van der Waals surface area contributed by atoms with E-state index < -0.39 is 0 Å². The topological polar surface area (TPSA) is 44.5 Å². The first-order valence-electron chi connectivity index (χ1n) is 6.52. The van der Waals surface area contributed by atoms with E-state index in [2.05, 4.69) is 0 Å². The molecule has 2 rings (SSSR count). The molecule has 0 aliphatic heterocycles. The maximum absolute atomic E-state index is 6.14. The number of benzene rings is 2. The first-order chi connectivity index (χ1) is 9.66. The van der Waals surface area contributed by atoms with Crippen molar-refractivity contribution >= 4 is 11.6 Å². The summed E-state index contributed by atoms with van der Waals surface area (Å²) < 4.78 is 11.1. The van der Waals surface area contributed by atoms with Crippen LogP contribution in [0.2, 0.25) is 5.02 Å². The van der Waals surface area contributed by atoms with Gasteiger partial charge in [-0.2, -0.15) is 0 Å². The molecule has 0 aromatic heterocycles. The van der Waals surface area contributed by atoms with Crippen LogP contribution in [-0.2, 0) is 0 Å². The van der Waals surface area contributed by atoms with Gasteiger partial charge in [0.25, 0.3) is 0 Å². The fourth-order valence-electron chi connectivity index (χ4n) is 1.80. The Bertz CT molecular complexity index is 543. The Balaban J connectivity index is 1.81. The van der Waals surface area contributed by atoms with Crippen molar-refractivity contribution < 1.29 is 9.47 Å². The van der Waals surface area contributed by atoms with Crippen LogP contribution in [0.4, 0.5) is 0 Å². The zero-order valence-corrected chi connectivity index (χ0v) is 12.1. The number of hydrogen-bond acceptors (Lipinski definition) is 3. The molecule has 3 nitrogen and oxygen atoms in total. The molecule has 0 spiro atoms. The van der Waals surface area contributed by atoms with E-state index in [0.29, 0.717) is 18.2 Å². The second kappa shape index (κ2) is 7.17. The molecular formula is C16H18ClNO2. The van der Waals surface area contributed by atoms with Crippen LogP contribution < -0.4 is 15.2 Å². The van der Waals surface area contributed by atoms with Crippen LogP contribution in [0.1, 0.15) is 18.5 Å². The summed E-state index contributed by atoms with van der Waals surface area (Å²) in [6.45, 7) is 2.84. The SMILES string of the molecule is CC(N)c1ccc(OCCOc2ccccc2)cc1Cl. The molecule has 0 radical (unpaired) electrons. The van der Waals surface area contributed by atoms with E-state index in [-0.39, 0.29) is 6.04 Å². The molecule has 20 heavy (non-hydrogen) atoms. The highest BCUT2D eigenvalue weighted by Gasteiger charge is 2.06. The van der Waals surface area contributed by atoms with Crippen LogP contribution in [0.3, 0.4) is 0 Å². The normalized spacial score (nSPS) is 11.9. The second-order valence-electron chi connectivity index (χ2n) is 4.48. The number of hydrogen-bond donors (Lipinski definition) is 1. The molecule has 0 fully saturated rings. The van der Waals surface area contributed by atoms with Crippen molar-refractivity contribution in [2.45, 2.75) is 13.0 Å². The summed E-state index contributed by atoms with van der Waals surface area (Å²) in [5.41, 5.74) is 6.72. The minimum absolute atomic E-state index is 0.0852. The third kappa shape index (κ3) is 4.15. The van der Waals surface area contributed by atoms with Crippen molar-refractivity contribution in [2.75, 3.05) is 13.2 Å². The minimum atomic E-state index is -0.0852. The van der Waals surface area contributed by atoms with Gasteiger partial charge in [0.05, 0.1) is 0 Å². The third-order valence-electron chi connectivity index (χ3n) is 2.83. The molecule has 4 heteroatoms. The predicted molar refractivity (Wildman–Crippen MR) is 81.5 cm³/mol. The van der Waals surface area contributed by atoms with Gasteiger partial charge >= 0.3 is 0 Å². The Kier molecular flexibility index (Phi) is 5.27. The lowest BCUT2D eigenvalue weighted by molar-refractivity contribution is 0.217. The van der Waals surface area contributed by atoms with Crippen LogP contribution in [0.5, 0.6) is 11.5 Å². The molecule has 2 aromatic rings. The van der Waals surface area contributed by atoms with E-state index in [1.165, 1.54) is 0 Å². The van der Waals surface area contributed by atoms with E-state index in [0.717, 1.165) is 17.1 Å². The van der Waals surface area contributed by atoms with Crippen molar-refractivity contribution in [1.82, 2.24) is 0 Å². The van der Waals surface area contributed by atoms with Crippen LogP contribution in [0.25, 0.3) is 0 Å². The highest BCUT2D eigenvalue weighted by molar-refractivity contribution is 6.31. The Morgan fingerprint density at radius 2 is 1.65 bits per heavy atom. The Morgan fingerprint density at radius 1 is 1.00 bits per heavy atom. The van der Waals surface area contributed by atoms with Crippen LogP contribution >= 0.6 is 11.6 Å². The minimum Gasteiger partial charge on any atom is -0.490 e. The highest BCUT2D eigenvalue weighted by Crippen LogP contribution is 2.26. The monoisotopic (exact) mass is 291 g/mol. The van der Waals surface area contributed by atoms with E-state index in [9.17, 15) is 0 Å². The predicted octanol–water partition coefficient (Wildman–Crippen LogP) is 3.82. The van der Waals surface area contributed by atoms with Crippen molar-refractivity contribution in [3.05, 3.63) is 59.1 Å². The lowest BCUT2D eigenvalue weighted by Gasteiger charge is -2.11. The number of nitrogens with two attached hydrogens (primary N) is 1. The van der Waals surface area contributed by atoms with Crippen molar-refractivity contribution in [1.29, 1.82) is 0 Å². The molecule has 0 aliphatic carbocycles. The molecule has 0 heterocycles. The summed E-state index contributed by atoms with van der Waals surface area (Å²) in [7, 11) is 0. The van der Waals surface area contributed by atoms with E-state index in [1.54, 1.807) is 6.07 Å². The van der Waals surface area contributed by atoms with E-state index >= 15 is 0 Å². The molecule has 0 amide bonds. The molecule has 2 N–H and O–H groups in total. The highest BCUT2D eigenvalue weighted by atomic mass is 35.5. The van der Waals surface area contributed by atoms with Crippen molar-refractivity contribution in [3.8, 4) is 11.5 Å². The summed E-state index contributed by atoms with van der Waals surface area (Å²) in [6, 6.07) is 15.1. The lowest BCUT2D eigenvalue weighted by Crippen LogP contribution is -2.09. The zero-order valence-electron chi connectivity index (χ0n) is 11.4.